The van der Waals surface area contributed by atoms with Crippen LogP contribution in [0, 0.1) is 0 Å². The van der Waals surface area contributed by atoms with Crippen molar-refractivity contribution in [3.63, 3.8) is 0 Å². The highest BCUT2D eigenvalue weighted by molar-refractivity contribution is 6.03. The molecule has 0 radical (unpaired) electrons. The zero-order valence-corrected chi connectivity index (χ0v) is 12.5. The zero-order valence-electron chi connectivity index (χ0n) is 12.5. The van der Waals surface area contributed by atoms with Crippen LogP contribution in [0.4, 0.5) is 11.4 Å². The Kier molecular flexibility index (Phi) is 5.60. The molecule has 0 aromatic heterocycles. The van der Waals surface area contributed by atoms with E-state index in [1.54, 1.807) is 0 Å². The van der Waals surface area contributed by atoms with Gasteiger partial charge in [-0.15, -0.1) is 0 Å². The zero-order chi connectivity index (χ0) is 15.1. The first kappa shape index (κ1) is 15.4. The van der Waals surface area contributed by atoms with E-state index in [0.29, 0.717) is 6.54 Å². The van der Waals surface area contributed by atoms with E-state index in [0.717, 1.165) is 25.2 Å². The molecule has 0 saturated carbocycles. The van der Waals surface area contributed by atoms with Crippen molar-refractivity contribution >= 4 is 23.2 Å². The van der Waals surface area contributed by atoms with E-state index in [9.17, 15) is 9.59 Å². The van der Waals surface area contributed by atoms with Crippen molar-refractivity contribution in [2.45, 2.75) is 32.6 Å². The number of benzene rings is 1. The molecule has 2 N–H and O–H groups in total. The molecule has 1 aliphatic rings. The monoisotopic (exact) mass is 289 g/mol. The van der Waals surface area contributed by atoms with Gasteiger partial charge >= 0.3 is 0 Å². The third kappa shape index (κ3) is 4.77. The lowest BCUT2D eigenvalue weighted by atomic mass is 10.2. The van der Waals surface area contributed by atoms with Crippen LogP contribution in [0.2, 0.25) is 0 Å². The third-order valence-electron chi connectivity index (χ3n) is 3.52. The number of anilines is 2. The Bertz CT molecular complexity index is 479. The molecule has 114 valence electrons. The van der Waals surface area contributed by atoms with Gasteiger partial charge in [0, 0.05) is 31.0 Å². The minimum absolute atomic E-state index is 0.131. The molecule has 1 aliphatic heterocycles. The Labute approximate surface area is 125 Å². The molecular weight excluding hydrogens is 266 g/mol. The maximum atomic E-state index is 11.7. The summed E-state index contributed by atoms with van der Waals surface area (Å²) in [6.07, 6.45) is 3.22. The molecule has 2 amide bonds. The lowest BCUT2D eigenvalue weighted by Crippen LogP contribution is -2.28. The van der Waals surface area contributed by atoms with E-state index in [1.165, 1.54) is 18.5 Å². The maximum Gasteiger partial charge on any atom is 0.233 e. The van der Waals surface area contributed by atoms with Crippen molar-refractivity contribution in [1.29, 1.82) is 0 Å². The molecule has 1 aromatic rings. The first-order valence-electron chi connectivity index (χ1n) is 7.60. The Morgan fingerprint density at radius 1 is 1.10 bits per heavy atom. The van der Waals surface area contributed by atoms with Gasteiger partial charge < -0.3 is 15.5 Å². The number of nitrogens with one attached hydrogen (secondary N) is 2. The Hall–Kier alpha value is -2.04. The molecule has 1 heterocycles. The predicted molar refractivity (Wildman–Crippen MR) is 84.4 cm³/mol. The summed E-state index contributed by atoms with van der Waals surface area (Å²) >= 11 is 0. The van der Waals surface area contributed by atoms with Gasteiger partial charge in [-0.05, 0) is 43.5 Å². The number of hydrogen-bond acceptors (Lipinski definition) is 3. The SMILES string of the molecule is CCCNC(=O)CC(=O)Nc1ccc(N2CCCC2)cc1. The normalized spacial score (nSPS) is 14.0. The fourth-order valence-corrected chi connectivity index (χ4v) is 2.41. The van der Waals surface area contributed by atoms with Gasteiger partial charge in [0.1, 0.15) is 6.42 Å². The molecule has 2 rings (SSSR count). The van der Waals surface area contributed by atoms with Crippen LogP contribution in [0.1, 0.15) is 32.6 Å². The fourth-order valence-electron chi connectivity index (χ4n) is 2.41. The Balaban J connectivity index is 1.82. The Morgan fingerprint density at radius 2 is 1.76 bits per heavy atom. The second-order valence-corrected chi connectivity index (χ2v) is 5.32. The van der Waals surface area contributed by atoms with E-state index < -0.39 is 0 Å². The average molecular weight is 289 g/mol. The average Bonchev–Trinajstić information content (AvgIpc) is 3.00. The van der Waals surface area contributed by atoms with Gasteiger partial charge in [-0.2, -0.15) is 0 Å². The van der Waals surface area contributed by atoms with Crippen LogP contribution in [0.5, 0.6) is 0 Å². The molecule has 0 spiro atoms. The molecule has 1 saturated heterocycles. The largest absolute Gasteiger partial charge is 0.372 e. The summed E-state index contributed by atoms with van der Waals surface area (Å²) in [4.78, 5) is 25.5. The molecule has 1 aromatic carbocycles. The first-order chi connectivity index (χ1) is 10.2. The van der Waals surface area contributed by atoms with E-state index >= 15 is 0 Å². The smallest absolute Gasteiger partial charge is 0.233 e. The van der Waals surface area contributed by atoms with Gasteiger partial charge in [-0.3, -0.25) is 9.59 Å². The molecule has 5 nitrogen and oxygen atoms in total. The van der Waals surface area contributed by atoms with Crippen molar-refractivity contribution in [1.82, 2.24) is 5.32 Å². The van der Waals surface area contributed by atoms with E-state index in [2.05, 4.69) is 15.5 Å². The molecule has 0 bridgehead atoms. The summed E-state index contributed by atoms with van der Waals surface area (Å²) in [6.45, 7) is 4.78. The topological polar surface area (TPSA) is 61.4 Å². The summed E-state index contributed by atoms with van der Waals surface area (Å²) in [6, 6.07) is 7.79. The first-order valence-corrected chi connectivity index (χ1v) is 7.60. The number of carbonyl (C=O) groups excluding carboxylic acids is 2. The molecular formula is C16H23N3O2. The highest BCUT2D eigenvalue weighted by Gasteiger charge is 2.12. The third-order valence-corrected chi connectivity index (χ3v) is 3.52. The fraction of sp³-hybridized carbons (Fsp3) is 0.500. The van der Waals surface area contributed by atoms with Crippen LogP contribution in [0.3, 0.4) is 0 Å². The van der Waals surface area contributed by atoms with Crippen LogP contribution in [-0.2, 0) is 9.59 Å². The van der Waals surface area contributed by atoms with Crippen molar-refractivity contribution in [3.8, 4) is 0 Å². The van der Waals surface area contributed by atoms with Crippen LogP contribution in [0.25, 0.3) is 0 Å². The lowest BCUT2D eigenvalue weighted by molar-refractivity contribution is -0.126. The van der Waals surface area contributed by atoms with Crippen LogP contribution < -0.4 is 15.5 Å². The summed E-state index contributed by atoms with van der Waals surface area (Å²) < 4.78 is 0. The van der Waals surface area contributed by atoms with Crippen molar-refractivity contribution in [2.75, 3.05) is 29.9 Å². The number of hydrogen-bond donors (Lipinski definition) is 2. The molecule has 0 aliphatic carbocycles. The van der Waals surface area contributed by atoms with Gasteiger partial charge in [0.2, 0.25) is 11.8 Å². The van der Waals surface area contributed by atoms with E-state index in [-0.39, 0.29) is 18.2 Å². The highest BCUT2D eigenvalue weighted by Crippen LogP contribution is 2.22. The predicted octanol–water partition coefficient (Wildman–Crippen LogP) is 2.14. The summed E-state index contributed by atoms with van der Waals surface area (Å²) in [7, 11) is 0. The summed E-state index contributed by atoms with van der Waals surface area (Å²) in [5.74, 6) is -0.513. The molecule has 5 heteroatoms. The van der Waals surface area contributed by atoms with Crippen molar-refractivity contribution in [3.05, 3.63) is 24.3 Å². The van der Waals surface area contributed by atoms with E-state index in [4.69, 9.17) is 0 Å². The maximum absolute atomic E-state index is 11.7. The molecule has 1 fully saturated rings. The van der Waals surface area contributed by atoms with Crippen molar-refractivity contribution in [2.24, 2.45) is 0 Å². The van der Waals surface area contributed by atoms with Crippen LogP contribution in [0.15, 0.2) is 24.3 Å². The number of rotatable bonds is 6. The van der Waals surface area contributed by atoms with Gasteiger partial charge in [0.25, 0.3) is 0 Å². The molecule has 0 atom stereocenters. The minimum atomic E-state index is -0.280. The molecule has 21 heavy (non-hydrogen) atoms. The van der Waals surface area contributed by atoms with Crippen LogP contribution in [-0.4, -0.2) is 31.4 Å². The lowest BCUT2D eigenvalue weighted by Gasteiger charge is -2.17. The summed E-state index contributed by atoms with van der Waals surface area (Å²) in [5.41, 5.74) is 1.91. The van der Waals surface area contributed by atoms with Gasteiger partial charge in [0.05, 0.1) is 0 Å². The molecule has 0 unspecified atom stereocenters. The second kappa shape index (κ2) is 7.67. The standard InChI is InChI=1S/C16H23N3O2/c1-2-9-17-15(20)12-16(21)18-13-5-7-14(8-6-13)19-10-3-4-11-19/h5-8H,2-4,9-12H2,1H3,(H,17,20)(H,18,21). The number of nitrogens with zero attached hydrogens (tertiary/aromatic N) is 1. The van der Waals surface area contributed by atoms with E-state index in [1.807, 2.05) is 31.2 Å². The highest BCUT2D eigenvalue weighted by atomic mass is 16.2. The van der Waals surface area contributed by atoms with Gasteiger partial charge in [0.15, 0.2) is 0 Å². The van der Waals surface area contributed by atoms with Crippen molar-refractivity contribution < 1.29 is 9.59 Å². The minimum Gasteiger partial charge on any atom is -0.372 e. The number of carbonyl (C=O) groups is 2. The van der Waals surface area contributed by atoms with Crippen LogP contribution >= 0.6 is 0 Å². The quantitative estimate of drug-likeness (QED) is 0.789. The second-order valence-electron chi connectivity index (χ2n) is 5.32. The van der Waals surface area contributed by atoms with Gasteiger partial charge in [-0.1, -0.05) is 6.92 Å². The number of amides is 2. The van der Waals surface area contributed by atoms with Gasteiger partial charge in [-0.25, -0.2) is 0 Å². The summed E-state index contributed by atoms with van der Waals surface area (Å²) in [5, 5.41) is 5.44. The Morgan fingerprint density at radius 3 is 2.38 bits per heavy atom.